The van der Waals surface area contributed by atoms with Gasteiger partial charge in [0.1, 0.15) is 11.4 Å². The van der Waals surface area contributed by atoms with Crippen LogP contribution in [0.1, 0.15) is 19.3 Å². The minimum atomic E-state index is -5.10. The molecule has 1 N–H and O–H groups in total. The van der Waals surface area contributed by atoms with Gasteiger partial charge in [0.15, 0.2) is 29.0 Å². The first-order valence-corrected chi connectivity index (χ1v) is 8.66. The summed E-state index contributed by atoms with van der Waals surface area (Å²) >= 11 is 0. The molecule has 0 fully saturated rings. The molecule has 0 spiro atoms. The van der Waals surface area contributed by atoms with Crippen LogP contribution in [0, 0.1) is 29.8 Å². The van der Waals surface area contributed by atoms with Crippen LogP contribution < -0.4 is 10.1 Å². The summed E-state index contributed by atoms with van der Waals surface area (Å²) in [5.74, 6) is -9.69. The number of amides is 1. The van der Waals surface area contributed by atoms with Crippen molar-refractivity contribution >= 4 is 11.6 Å². The number of carbonyl (C=O) groups excluding carboxylic acids is 1. The molecule has 1 aliphatic carbocycles. The topological polar surface area (TPSA) is 42.7 Å². The molecule has 0 aromatic heterocycles. The Hall–Kier alpha value is -3.55. The van der Waals surface area contributed by atoms with E-state index in [4.69, 9.17) is 6.57 Å². The molecule has 2 aromatic rings. The van der Waals surface area contributed by atoms with E-state index < -0.39 is 58.1 Å². The van der Waals surface area contributed by atoms with Crippen molar-refractivity contribution in [1.82, 2.24) is 0 Å². The molecular weight excluding hydrogens is 433 g/mol. The standard InChI is InChI=1S/C20H11F7N2O2/c1-28-12-7-3-6-11(12)19(30)29-18-16(23)14(21)13(15(22)17(18)24)9-4-2-5-10(8-9)31-20(25,26)27/h2,4-5,8H,3,6-7H2,(H,29,30). The van der Waals surface area contributed by atoms with Gasteiger partial charge in [-0.25, -0.2) is 22.4 Å². The number of nitrogens with one attached hydrogen (secondary N) is 1. The molecule has 0 radical (unpaired) electrons. The normalized spacial score (nSPS) is 13.9. The number of hydrogen-bond donors (Lipinski definition) is 1. The number of carbonyl (C=O) groups is 1. The molecule has 0 saturated heterocycles. The van der Waals surface area contributed by atoms with Crippen LogP contribution in [0.4, 0.5) is 36.4 Å². The SMILES string of the molecule is [C-]#[N+]C1=C(C(=O)Nc2c(F)c(F)c(-c3cccc(OC(F)(F)F)c3)c(F)c2F)CCC1. The predicted octanol–water partition coefficient (Wildman–Crippen LogP) is 6.10. The van der Waals surface area contributed by atoms with Crippen molar-refractivity contribution in [2.75, 3.05) is 5.32 Å². The Bertz CT molecular complexity index is 1100. The summed E-state index contributed by atoms with van der Waals surface area (Å²) in [5, 5.41) is 1.74. The zero-order valence-corrected chi connectivity index (χ0v) is 15.3. The van der Waals surface area contributed by atoms with Crippen molar-refractivity contribution in [2.24, 2.45) is 0 Å². The second-order valence-corrected chi connectivity index (χ2v) is 6.43. The largest absolute Gasteiger partial charge is 0.573 e. The lowest BCUT2D eigenvalue weighted by Crippen LogP contribution is -2.18. The van der Waals surface area contributed by atoms with Crippen molar-refractivity contribution in [3.8, 4) is 16.9 Å². The highest BCUT2D eigenvalue weighted by Crippen LogP contribution is 2.37. The highest BCUT2D eigenvalue weighted by Gasteiger charge is 2.32. The van der Waals surface area contributed by atoms with Gasteiger partial charge >= 0.3 is 6.36 Å². The second-order valence-electron chi connectivity index (χ2n) is 6.43. The van der Waals surface area contributed by atoms with Crippen molar-refractivity contribution in [3.05, 3.63) is 70.2 Å². The molecule has 162 valence electrons. The Morgan fingerprint density at radius 1 is 1.03 bits per heavy atom. The molecule has 0 heterocycles. The van der Waals surface area contributed by atoms with E-state index in [9.17, 15) is 35.5 Å². The predicted molar refractivity (Wildman–Crippen MR) is 94.5 cm³/mol. The monoisotopic (exact) mass is 444 g/mol. The summed E-state index contributed by atoms with van der Waals surface area (Å²) in [6, 6.07) is 3.25. The summed E-state index contributed by atoms with van der Waals surface area (Å²) < 4.78 is 98.9. The number of rotatable bonds is 4. The fraction of sp³-hybridized carbons (Fsp3) is 0.200. The van der Waals surface area contributed by atoms with Gasteiger partial charge < -0.3 is 10.1 Å². The summed E-state index contributed by atoms with van der Waals surface area (Å²) in [6.45, 7) is 6.99. The van der Waals surface area contributed by atoms with Crippen LogP contribution in [-0.2, 0) is 4.79 Å². The van der Waals surface area contributed by atoms with Crippen LogP contribution in [-0.4, -0.2) is 12.3 Å². The van der Waals surface area contributed by atoms with E-state index in [2.05, 4.69) is 9.58 Å². The summed E-state index contributed by atoms with van der Waals surface area (Å²) in [6.07, 6.45) is -4.19. The lowest BCUT2D eigenvalue weighted by Gasteiger charge is -2.15. The highest BCUT2D eigenvalue weighted by molar-refractivity contribution is 6.05. The summed E-state index contributed by atoms with van der Waals surface area (Å²) in [5.41, 5.74) is -3.27. The summed E-state index contributed by atoms with van der Waals surface area (Å²) in [4.78, 5) is 15.4. The molecule has 1 aliphatic rings. The lowest BCUT2D eigenvalue weighted by atomic mass is 10.0. The molecule has 3 rings (SSSR count). The van der Waals surface area contributed by atoms with Crippen molar-refractivity contribution in [3.63, 3.8) is 0 Å². The van der Waals surface area contributed by atoms with Gasteiger partial charge in [-0.1, -0.05) is 18.6 Å². The molecule has 4 nitrogen and oxygen atoms in total. The molecule has 0 unspecified atom stereocenters. The van der Waals surface area contributed by atoms with Gasteiger partial charge in [0.25, 0.3) is 0 Å². The zero-order chi connectivity index (χ0) is 22.9. The van der Waals surface area contributed by atoms with Gasteiger partial charge in [-0.2, -0.15) is 0 Å². The van der Waals surface area contributed by atoms with Crippen LogP contribution in [0.5, 0.6) is 5.75 Å². The third kappa shape index (κ3) is 4.47. The Morgan fingerprint density at radius 3 is 2.26 bits per heavy atom. The van der Waals surface area contributed by atoms with Gasteiger partial charge in [0.05, 0.1) is 12.1 Å². The Labute approximate surface area is 170 Å². The minimum Gasteiger partial charge on any atom is -0.406 e. The number of anilines is 1. The zero-order valence-electron chi connectivity index (χ0n) is 15.3. The van der Waals surface area contributed by atoms with Gasteiger partial charge in [-0.15, -0.1) is 13.2 Å². The average molecular weight is 444 g/mol. The number of nitrogens with zero attached hydrogens (tertiary/aromatic N) is 1. The van der Waals surface area contributed by atoms with E-state index >= 15 is 0 Å². The number of hydrogen-bond acceptors (Lipinski definition) is 2. The third-order valence-electron chi connectivity index (χ3n) is 4.46. The number of alkyl halides is 3. The first-order valence-electron chi connectivity index (χ1n) is 8.66. The van der Waals surface area contributed by atoms with Gasteiger partial charge in [0.2, 0.25) is 5.91 Å². The van der Waals surface area contributed by atoms with E-state index in [0.29, 0.717) is 12.5 Å². The van der Waals surface area contributed by atoms with Crippen LogP contribution in [0.2, 0.25) is 0 Å². The Kier molecular flexibility index (Phi) is 5.92. The third-order valence-corrected chi connectivity index (χ3v) is 4.46. The first kappa shape index (κ1) is 22.1. The summed E-state index contributed by atoms with van der Waals surface area (Å²) in [7, 11) is 0. The quantitative estimate of drug-likeness (QED) is 0.352. The number of allylic oxidation sites excluding steroid dienone is 1. The van der Waals surface area contributed by atoms with Crippen LogP contribution in [0.15, 0.2) is 35.5 Å². The average Bonchev–Trinajstić information content (AvgIpc) is 3.18. The van der Waals surface area contributed by atoms with Gasteiger partial charge in [0, 0.05) is 5.57 Å². The molecule has 31 heavy (non-hydrogen) atoms. The number of benzene rings is 2. The molecule has 0 atom stereocenters. The van der Waals surface area contributed by atoms with E-state index in [1.54, 1.807) is 5.32 Å². The molecular formula is C20H11F7N2O2. The number of ether oxygens (including phenoxy) is 1. The molecule has 11 heteroatoms. The van der Waals surface area contributed by atoms with Gasteiger partial charge in [-0.05, 0) is 30.5 Å². The molecule has 0 aliphatic heterocycles. The maximum atomic E-state index is 14.6. The minimum absolute atomic E-state index is 0.0457. The maximum Gasteiger partial charge on any atom is 0.573 e. The Morgan fingerprint density at radius 2 is 1.68 bits per heavy atom. The molecule has 1 amide bonds. The first-order chi connectivity index (χ1) is 14.5. The fourth-order valence-corrected chi connectivity index (χ4v) is 3.13. The highest BCUT2D eigenvalue weighted by atomic mass is 19.4. The fourth-order valence-electron chi connectivity index (χ4n) is 3.13. The van der Waals surface area contributed by atoms with Crippen LogP contribution >= 0.6 is 0 Å². The van der Waals surface area contributed by atoms with Crippen molar-refractivity contribution < 1.29 is 40.3 Å². The van der Waals surface area contributed by atoms with E-state index in [-0.39, 0.29) is 24.1 Å². The number of halogens is 7. The van der Waals surface area contributed by atoms with Crippen LogP contribution in [0.25, 0.3) is 16.0 Å². The van der Waals surface area contributed by atoms with E-state index in [0.717, 1.165) is 18.2 Å². The molecule has 0 saturated carbocycles. The lowest BCUT2D eigenvalue weighted by molar-refractivity contribution is -0.274. The van der Waals surface area contributed by atoms with Crippen molar-refractivity contribution in [2.45, 2.75) is 25.6 Å². The smallest absolute Gasteiger partial charge is 0.406 e. The Balaban J connectivity index is 2.03. The van der Waals surface area contributed by atoms with E-state index in [1.807, 2.05) is 0 Å². The molecule has 0 bridgehead atoms. The van der Waals surface area contributed by atoms with E-state index in [1.165, 1.54) is 0 Å². The molecule has 2 aromatic carbocycles. The maximum absolute atomic E-state index is 14.6. The van der Waals surface area contributed by atoms with Gasteiger partial charge in [-0.3, -0.25) is 4.79 Å². The van der Waals surface area contributed by atoms with Crippen molar-refractivity contribution in [1.29, 1.82) is 0 Å². The van der Waals surface area contributed by atoms with Crippen LogP contribution in [0.3, 0.4) is 0 Å². The second kappa shape index (κ2) is 8.29.